The summed E-state index contributed by atoms with van der Waals surface area (Å²) in [5.41, 5.74) is 5.11. The summed E-state index contributed by atoms with van der Waals surface area (Å²) in [6, 6.07) is 4.60. The molecule has 1 aromatic carbocycles. The monoisotopic (exact) mass is 342 g/mol. The van der Waals surface area contributed by atoms with E-state index < -0.39 is 23.3 Å². The molecule has 20 heavy (non-hydrogen) atoms. The number of carboxylic acid groups (broad SMARTS) is 1. The van der Waals surface area contributed by atoms with Gasteiger partial charge in [-0.3, -0.25) is 9.59 Å². The van der Waals surface area contributed by atoms with Crippen molar-refractivity contribution in [3.63, 3.8) is 0 Å². The normalized spacial score (nSPS) is 25.4. The van der Waals surface area contributed by atoms with Gasteiger partial charge in [-0.25, -0.2) is 0 Å². The third kappa shape index (κ3) is 2.64. The number of carbonyl (C=O) groups excluding carboxylic acids is 1. The second kappa shape index (κ2) is 5.41. The van der Waals surface area contributed by atoms with Crippen LogP contribution < -0.4 is 11.1 Å². The zero-order valence-corrected chi connectivity index (χ0v) is 12.4. The summed E-state index contributed by atoms with van der Waals surface area (Å²) in [4.78, 5) is 22.8. The third-order valence-electron chi connectivity index (χ3n) is 3.52. The number of hydrogen-bond donors (Lipinski definition) is 3. The molecule has 1 heterocycles. The van der Waals surface area contributed by atoms with E-state index in [1.807, 2.05) is 0 Å². The lowest BCUT2D eigenvalue weighted by atomic mass is 9.85. The first-order valence-electron chi connectivity index (χ1n) is 6.01. The molecular weight excluding hydrogens is 328 g/mol. The van der Waals surface area contributed by atoms with E-state index in [0.29, 0.717) is 11.3 Å². The minimum atomic E-state index is -1.04. The van der Waals surface area contributed by atoms with Gasteiger partial charge in [0.1, 0.15) is 5.41 Å². The van der Waals surface area contributed by atoms with E-state index in [2.05, 4.69) is 21.2 Å². The highest BCUT2D eigenvalue weighted by molar-refractivity contribution is 9.10. The van der Waals surface area contributed by atoms with Crippen LogP contribution in [0, 0.1) is 5.41 Å². The topological polar surface area (TPSA) is 102 Å². The number of aliphatic carboxylic acids is 1. The van der Waals surface area contributed by atoms with Gasteiger partial charge >= 0.3 is 5.97 Å². The van der Waals surface area contributed by atoms with E-state index in [4.69, 9.17) is 10.5 Å². The minimum Gasteiger partial charge on any atom is -0.481 e. The summed E-state index contributed by atoms with van der Waals surface area (Å²) >= 11 is 3.27. The molecule has 4 N–H and O–H groups in total. The van der Waals surface area contributed by atoms with E-state index in [0.717, 1.165) is 4.47 Å². The number of nitrogens with two attached hydrogens (primary N) is 1. The number of halogens is 1. The van der Waals surface area contributed by atoms with E-state index in [1.165, 1.54) is 0 Å². The number of ether oxygens (including phenoxy) is 1. The van der Waals surface area contributed by atoms with E-state index in [-0.39, 0.29) is 13.2 Å². The molecule has 7 heteroatoms. The fourth-order valence-electron chi connectivity index (χ4n) is 2.12. The molecule has 1 fully saturated rings. The Bertz CT molecular complexity index is 563. The van der Waals surface area contributed by atoms with Gasteiger partial charge in [-0.1, -0.05) is 15.9 Å². The maximum Gasteiger partial charge on any atom is 0.313 e. The van der Waals surface area contributed by atoms with Crippen LogP contribution in [0.1, 0.15) is 17.3 Å². The highest BCUT2D eigenvalue weighted by atomic mass is 79.9. The van der Waals surface area contributed by atoms with Crippen LogP contribution >= 0.6 is 15.9 Å². The molecule has 0 aliphatic carbocycles. The number of primary amides is 1. The summed E-state index contributed by atoms with van der Waals surface area (Å²) in [5.74, 6) is -1.52. The first-order valence-corrected chi connectivity index (χ1v) is 6.81. The molecule has 1 aliphatic heterocycles. The van der Waals surface area contributed by atoms with E-state index >= 15 is 0 Å². The molecule has 6 nitrogen and oxygen atoms in total. The molecule has 0 saturated carbocycles. The molecule has 1 aromatic rings. The standard InChI is InChI=1S/C13H15BrN2O4/c1-13(12(18)19)6-20-5-10(13)16-9-3-2-7(14)4-8(9)11(15)17/h2-4,10,16H,5-6H2,1H3,(H2,15,17)(H,18,19). The quantitative estimate of drug-likeness (QED) is 0.768. The SMILES string of the molecule is CC1(C(=O)O)COCC1Nc1ccc(Br)cc1C(N)=O. The van der Waals surface area contributed by atoms with Crippen molar-refractivity contribution in [1.82, 2.24) is 0 Å². The number of anilines is 1. The van der Waals surface area contributed by atoms with Gasteiger partial charge in [0.2, 0.25) is 0 Å². The molecule has 108 valence electrons. The predicted octanol–water partition coefficient (Wildman–Crippen LogP) is 1.45. The molecule has 1 saturated heterocycles. The van der Waals surface area contributed by atoms with Gasteiger partial charge in [0.25, 0.3) is 5.91 Å². The second-order valence-electron chi connectivity index (χ2n) is 4.99. The van der Waals surface area contributed by atoms with Crippen LogP contribution in [0.4, 0.5) is 5.69 Å². The summed E-state index contributed by atoms with van der Waals surface area (Å²) in [6.07, 6.45) is 0. The molecular formula is C13H15BrN2O4. The molecule has 0 spiro atoms. The first-order chi connectivity index (χ1) is 9.34. The largest absolute Gasteiger partial charge is 0.481 e. The highest BCUT2D eigenvalue weighted by Gasteiger charge is 2.46. The summed E-state index contributed by atoms with van der Waals surface area (Å²) < 4.78 is 5.98. The Morgan fingerprint density at radius 3 is 2.85 bits per heavy atom. The number of rotatable bonds is 4. The number of benzene rings is 1. The molecule has 0 bridgehead atoms. The minimum absolute atomic E-state index is 0.127. The highest BCUT2D eigenvalue weighted by Crippen LogP contribution is 2.32. The summed E-state index contributed by atoms with van der Waals surface area (Å²) in [5, 5.41) is 12.4. The van der Waals surface area contributed by atoms with Gasteiger partial charge in [0, 0.05) is 10.2 Å². The van der Waals surface area contributed by atoms with Crippen LogP contribution in [0.2, 0.25) is 0 Å². The van der Waals surface area contributed by atoms with Gasteiger partial charge < -0.3 is 20.9 Å². The van der Waals surface area contributed by atoms with Crippen molar-refractivity contribution in [3.8, 4) is 0 Å². The van der Waals surface area contributed by atoms with Crippen molar-refractivity contribution < 1.29 is 19.4 Å². The Labute approximate surface area is 124 Å². The van der Waals surface area contributed by atoms with Gasteiger partial charge in [-0.05, 0) is 25.1 Å². The van der Waals surface area contributed by atoms with E-state index in [1.54, 1.807) is 25.1 Å². The fourth-order valence-corrected chi connectivity index (χ4v) is 2.48. The van der Waals surface area contributed by atoms with Crippen molar-refractivity contribution in [2.45, 2.75) is 13.0 Å². The molecule has 2 rings (SSSR count). The number of nitrogens with one attached hydrogen (secondary N) is 1. The molecule has 1 aliphatic rings. The van der Waals surface area contributed by atoms with Gasteiger partial charge in [-0.15, -0.1) is 0 Å². The maximum absolute atomic E-state index is 11.5. The lowest BCUT2D eigenvalue weighted by molar-refractivity contribution is -0.148. The Morgan fingerprint density at radius 2 is 2.25 bits per heavy atom. The molecule has 2 atom stereocenters. The van der Waals surface area contributed by atoms with Crippen LogP contribution in [-0.4, -0.2) is 36.2 Å². The van der Waals surface area contributed by atoms with Crippen LogP contribution in [0.25, 0.3) is 0 Å². The molecule has 2 unspecified atom stereocenters. The predicted molar refractivity (Wildman–Crippen MR) is 76.6 cm³/mol. The zero-order chi connectivity index (χ0) is 14.9. The van der Waals surface area contributed by atoms with Crippen molar-refractivity contribution in [3.05, 3.63) is 28.2 Å². The van der Waals surface area contributed by atoms with Gasteiger partial charge in [0.15, 0.2) is 0 Å². The summed E-state index contributed by atoms with van der Waals surface area (Å²) in [6.45, 7) is 2.00. The fraction of sp³-hybridized carbons (Fsp3) is 0.385. The zero-order valence-electron chi connectivity index (χ0n) is 10.9. The smallest absolute Gasteiger partial charge is 0.313 e. The van der Waals surface area contributed by atoms with Gasteiger partial charge in [0.05, 0.1) is 24.8 Å². The Hall–Kier alpha value is -1.60. The first kappa shape index (κ1) is 14.8. The Kier molecular flexibility index (Phi) is 4.01. The van der Waals surface area contributed by atoms with Crippen molar-refractivity contribution in [2.75, 3.05) is 18.5 Å². The van der Waals surface area contributed by atoms with Crippen molar-refractivity contribution in [1.29, 1.82) is 0 Å². The number of hydrogen-bond acceptors (Lipinski definition) is 4. The van der Waals surface area contributed by atoms with Crippen LogP contribution in [0.3, 0.4) is 0 Å². The third-order valence-corrected chi connectivity index (χ3v) is 4.01. The average Bonchev–Trinajstić information content (AvgIpc) is 2.74. The average molecular weight is 343 g/mol. The number of carboxylic acids is 1. The van der Waals surface area contributed by atoms with Gasteiger partial charge in [-0.2, -0.15) is 0 Å². The summed E-state index contributed by atoms with van der Waals surface area (Å²) in [7, 11) is 0. The molecule has 0 radical (unpaired) electrons. The Morgan fingerprint density at radius 1 is 1.55 bits per heavy atom. The van der Waals surface area contributed by atoms with Crippen LogP contribution in [0.5, 0.6) is 0 Å². The Balaban J connectivity index is 2.31. The number of amides is 1. The van der Waals surface area contributed by atoms with Crippen LogP contribution in [-0.2, 0) is 9.53 Å². The van der Waals surface area contributed by atoms with Crippen LogP contribution in [0.15, 0.2) is 22.7 Å². The molecule has 0 aromatic heterocycles. The number of carbonyl (C=O) groups is 2. The lowest BCUT2D eigenvalue weighted by Gasteiger charge is -2.27. The maximum atomic E-state index is 11.5. The van der Waals surface area contributed by atoms with Crippen molar-refractivity contribution in [2.24, 2.45) is 11.1 Å². The van der Waals surface area contributed by atoms with E-state index in [9.17, 15) is 14.7 Å². The van der Waals surface area contributed by atoms with Crippen molar-refractivity contribution >= 4 is 33.5 Å². The lowest BCUT2D eigenvalue weighted by Crippen LogP contribution is -2.43. The second-order valence-corrected chi connectivity index (χ2v) is 5.90. The molecule has 1 amide bonds.